The van der Waals surface area contributed by atoms with Gasteiger partial charge in [0.15, 0.2) is 0 Å². The molecule has 0 aliphatic carbocycles. The van der Waals surface area contributed by atoms with Crippen LogP contribution in [0, 0.1) is 0 Å². The zero-order valence-electron chi connectivity index (χ0n) is 11.2. The molecule has 1 rings (SSSR count). The summed E-state index contributed by atoms with van der Waals surface area (Å²) in [6.45, 7) is 2.06. The molecule has 0 atom stereocenters. The molecule has 1 aromatic rings. The summed E-state index contributed by atoms with van der Waals surface area (Å²) in [6.07, 6.45) is -2.83. The Hall–Kier alpha value is -1.72. The summed E-state index contributed by atoms with van der Waals surface area (Å²) in [5.41, 5.74) is 0.480. The third kappa shape index (κ3) is 6.45. The second kappa shape index (κ2) is 7.77. The predicted octanol–water partition coefficient (Wildman–Crippen LogP) is 3.86. The molecule has 0 N–H and O–H groups in total. The molecule has 0 saturated heterocycles. The number of para-hydroxylation sites is 1. The Morgan fingerprint density at radius 1 is 1.20 bits per heavy atom. The number of hydrogen-bond acceptors (Lipinski definition) is 3. The minimum atomic E-state index is -4.69. The van der Waals surface area contributed by atoms with Crippen molar-refractivity contribution in [3.63, 3.8) is 0 Å². The van der Waals surface area contributed by atoms with Crippen molar-refractivity contribution in [1.29, 1.82) is 0 Å². The number of carbonyl (C=O) groups excluding carboxylic acids is 1. The van der Waals surface area contributed by atoms with E-state index >= 15 is 0 Å². The van der Waals surface area contributed by atoms with E-state index in [0.29, 0.717) is 31.4 Å². The van der Waals surface area contributed by atoms with E-state index in [1.165, 1.54) is 12.1 Å². The van der Waals surface area contributed by atoms with Gasteiger partial charge in [-0.2, -0.15) is 0 Å². The number of rotatable bonds is 7. The Labute approximate surface area is 115 Å². The molecular formula is C14H17F3O3. The lowest BCUT2D eigenvalue weighted by Gasteiger charge is -2.12. The fraction of sp³-hybridized carbons (Fsp3) is 0.500. The molecule has 0 heterocycles. The summed E-state index contributed by atoms with van der Waals surface area (Å²) >= 11 is 0. The number of esters is 1. The van der Waals surface area contributed by atoms with Gasteiger partial charge in [0.05, 0.1) is 6.61 Å². The number of hydrogen-bond donors (Lipinski definition) is 0. The Kier molecular flexibility index (Phi) is 6.35. The number of unbranched alkanes of at least 4 members (excludes halogenated alkanes) is 1. The molecule has 0 aliphatic rings. The van der Waals surface area contributed by atoms with Crippen molar-refractivity contribution in [3.05, 3.63) is 29.8 Å². The fourth-order valence-electron chi connectivity index (χ4n) is 1.75. The number of benzene rings is 1. The van der Waals surface area contributed by atoms with Gasteiger partial charge in [-0.05, 0) is 37.8 Å². The second-order valence-corrected chi connectivity index (χ2v) is 4.17. The summed E-state index contributed by atoms with van der Waals surface area (Å²) in [6, 6.07) is 6.02. The van der Waals surface area contributed by atoms with Gasteiger partial charge in [0, 0.05) is 6.42 Å². The van der Waals surface area contributed by atoms with Crippen LogP contribution in [-0.2, 0) is 16.0 Å². The van der Waals surface area contributed by atoms with E-state index < -0.39 is 6.36 Å². The predicted molar refractivity (Wildman–Crippen MR) is 67.3 cm³/mol. The van der Waals surface area contributed by atoms with Crippen LogP contribution in [0.15, 0.2) is 24.3 Å². The van der Waals surface area contributed by atoms with Crippen molar-refractivity contribution in [2.24, 2.45) is 0 Å². The first-order valence-electron chi connectivity index (χ1n) is 6.41. The van der Waals surface area contributed by atoms with Crippen LogP contribution in [0.25, 0.3) is 0 Å². The maximum absolute atomic E-state index is 12.2. The van der Waals surface area contributed by atoms with Crippen LogP contribution in [0.2, 0.25) is 0 Å². The van der Waals surface area contributed by atoms with E-state index in [1.54, 1.807) is 19.1 Å². The van der Waals surface area contributed by atoms with E-state index in [-0.39, 0.29) is 18.1 Å². The van der Waals surface area contributed by atoms with Crippen LogP contribution in [0.4, 0.5) is 13.2 Å². The topological polar surface area (TPSA) is 35.5 Å². The Morgan fingerprint density at radius 3 is 2.55 bits per heavy atom. The molecular weight excluding hydrogens is 273 g/mol. The molecule has 0 spiro atoms. The molecule has 0 fully saturated rings. The molecule has 0 amide bonds. The summed E-state index contributed by atoms with van der Waals surface area (Å²) < 4.78 is 45.4. The number of aryl methyl sites for hydroxylation is 1. The fourth-order valence-corrected chi connectivity index (χ4v) is 1.75. The zero-order valence-corrected chi connectivity index (χ0v) is 11.2. The van der Waals surface area contributed by atoms with Crippen LogP contribution in [0.1, 0.15) is 31.7 Å². The largest absolute Gasteiger partial charge is 0.573 e. The van der Waals surface area contributed by atoms with Gasteiger partial charge in [-0.25, -0.2) is 0 Å². The van der Waals surface area contributed by atoms with Gasteiger partial charge in [0.2, 0.25) is 0 Å². The number of halogens is 3. The van der Waals surface area contributed by atoms with Gasteiger partial charge in [-0.1, -0.05) is 18.2 Å². The lowest BCUT2D eigenvalue weighted by atomic mass is 10.1. The SMILES string of the molecule is CCOC(=O)CCCCc1ccccc1OC(F)(F)F. The smallest absolute Gasteiger partial charge is 0.466 e. The maximum atomic E-state index is 12.2. The highest BCUT2D eigenvalue weighted by molar-refractivity contribution is 5.69. The molecule has 0 bridgehead atoms. The lowest BCUT2D eigenvalue weighted by molar-refractivity contribution is -0.274. The van der Waals surface area contributed by atoms with Crippen LogP contribution in [0.3, 0.4) is 0 Å². The summed E-state index contributed by atoms with van der Waals surface area (Å²) in [7, 11) is 0. The van der Waals surface area contributed by atoms with Crippen LogP contribution in [-0.4, -0.2) is 18.9 Å². The van der Waals surface area contributed by atoms with Crippen molar-refractivity contribution in [2.75, 3.05) is 6.61 Å². The minimum Gasteiger partial charge on any atom is -0.466 e. The van der Waals surface area contributed by atoms with Crippen LogP contribution < -0.4 is 4.74 Å². The van der Waals surface area contributed by atoms with E-state index in [2.05, 4.69) is 4.74 Å². The molecule has 0 saturated carbocycles. The number of ether oxygens (including phenoxy) is 2. The van der Waals surface area contributed by atoms with Crippen molar-refractivity contribution >= 4 is 5.97 Å². The first-order valence-corrected chi connectivity index (χ1v) is 6.41. The second-order valence-electron chi connectivity index (χ2n) is 4.17. The van der Waals surface area contributed by atoms with Gasteiger partial charge >= 0.3 is 12.3 Å². The highest BCUT2D eigenvalue weighted by Crippen LogP contribution is 2.27. The van der Waals surface area contributed by atoms with Gasteiger partial charge in [0.25, 0.3) is 0 Å². The summed E-state index contributed by atoms with van der Waals surface area (Å²) in [5.74, 6) is -0.469. The monoisotopic (exact) mass is 290 g/mol. The Bertz CT molecular complexity index is 430. The molecule has 0 aliphatic heterocycles. The third-order valence-electron chi connectivity index (χ3n) is 2.58. The standard InChI is InChI=1S/C14H17F3O3/c1-2-19-13(18)10-6-4-8-11-7-3-5-9-12(11)20-14(15,16)17/h3,5,7,9H,2,4,6,8,10H2,1H3. The van der Waals surface area contributed by atoms with E-state index in [9.17, 15) is 18.0 Å². The molecule has 1 aromatic carbocycles. The van der Waals surface area contributed by atoms with Gasteiger partial charge in [-0.15, -0.1) is 13.2 Å². The van der Waals surface area contributed by atoms with E-state index in [0.717, 1.165) is 0 Å². The van der Waals surface area contributed by atoms with Crippen LogP contribution in [0.5, 0.6) is 5.75 Å². The molecule has 0 radical (unpaired) electrons. The molecule has 112 valence electrons. The maximum Gasteiger partial charge on any atom is 0.573 e. The average molecular weight is 290 g/mol. The molecule has 6 heteroatoms. The van der Waals surface area contributed by atoms with E-state index in [1.807, 2.05) is 0 Å². The molecule has 3 nitrogen and oxygen atoms in total. The highest BCUT2D eigenvalue weighted by atomic mass is 19.4. The van der Waals surface area contributed by atoms with Gasteiger partial charge in [0.1, 0.15) is 5.75 Å². The molecule has 20 heavy (non-hydrogen) atoms. The number of alkyl halides is 3. The van der Waals surface area contributed by atoms with Crippen molar-refractivity contribution in [1.82, 2.24) is 0 Å². The number of carbonyl (C=O) groups is 1. The zero-order chi connectivity index (χ0) is 15.0. The Morgan fingerprint density at radius 2 is 1.90 bits per heavy atom. The quantitative estimate of drug-likeness (QED) is 0.565. The normalized spacial score (nSPS) is 11.2. The molecule has 0 aromatic heterocycles. The first-order chi connectivity index (χ1) is 9.42. The van der Waals surface area contributed by atoms with Crippen molar-refractivity contribution in [2.45, 2.75) is 39.0 Å². The summed E-state index contributed by atoms with van der Waals surface area (Å²) in [4.78, 5) is 11.1. The minimum absolute atomic E-state index is 0.184. The average Bonchev–Trinajstić information content (AvgIpc) is 2.35. The third-order valence-corrected chi connectivity index (χ3v) is 2.58. The van der Waals surface area contributed by atoms with Gasteiger partial charge in [-0.3, -0.25) is 4.79 Å². The molecule has 0 unspecified atom stereocenters. The van der Waals surface area contributed by atoms with Crippen molar-refractivity contribution < 1.29 is 27.4 Å². The summed E-state index contributed by atoms with van der Waals surface area (Å²) in [5, 5.41) is 0. The lowest BCUT2D eigenvalue weighted by Crippen LogP contribution is -2.18. The van der Waals surface area contributed by atoms with Gasteiger partial charge < -0.3 is 9.47 Å². The Balaban J connectivity index is 2.46. The first kappa shape index (κ1) is 16.3. The highest BCUT2D eigenvalue weighted by Gasteiger charge is 2.31. The van der Waals surface area contributed by atoms with E-state index in [4.69, 9.17) is 4.74 Å². The van der Waals surface area contributed by atoms with Crippen LogP contribution >= 0.6 is 0 Å². The van der Waals surface area contributed by atoms with Crippen molar-refractivity contribution in [3.8, 4) is 5.75 Å².